The molecule has 1 aromatic carbocycles. The summed E-state index contributed by atoms with van der Waals surface area (Å²) in [7, 11) is 0. The zero-order valence-electron chi connectivity index (χ0n) is 19.1. The molecule has 10 heteroatoms. The van der Waals surface area contributed by atoms with Crippen molar-refractivity contribution in [1.82, 2.24) is 15.0 Å². The van der Waals surface area contributed by atoms with Crippen molar-refractivity contribution in [3.63, 3.8) is 0 Å². The predicted molar refractivity (Wildman–Crippen MR) is 124 cm³/mol. The number of hydrogen-bond donors (Lipinski definition) is 2. The quantitative estimate of drug-likeness (QED) is 0.534. The van der Waals surface area contributed by atoms with Gasteiger partial charge in [0.25, 0.3) is 6.01 Å². The Labute approximate surface area is 205 Å². The molecule has 0 amide bonds. The van der Waals surface area contributed by atoms with Crippen LogP contribution in [0.5, 0.6) is 6.01 Å². The molecule has 2 aromatic heterocycles. The van der Waals surface area contributed by atoms with E-state index in [0.717, 1.165) is 18.4 Å². The SMILES string of the molecule is CC(=O)Cc1cc(F)c2c(c1)CCC2Cc1nc2nc(O[C@@H]3CO[C@H]4[C@@H]3OC[C@H]4O)[nH]c2cc1Cl. The molecule has 2 aliphatic heterocycles. The monoisotopic (exact) mass is 501 g/mol. The van der Waals surface area contributed by atoms with Crippen molar-refractivity contribution in [3.8, 4) is 6.01 Å². The summed E-state index contributed by atoms with van der Waals surface area (Å²) in [5.41, 5.74) is 4.09. The topological polar surface area (TPSA) is 107 Å². The molecule has 35 heavy (non-hydrogen) atoms. The Hall–Kier alpha value is -2.59. The molecular weight excluding hydrogens is 477 g/mol. The normalized spacial score (nSPS) is 27.4. The van der Waals surface area contributed by atoms with Gasteiger partial charge in [0.2, 0.25) is 0 Å². The van der Waals surface area contributed by atoms with Crippen LogP contribution in [0, 0.1) is 5.82 Å². The number of aliphatic hydroxyl groups excluding tert-OH is 1. The van der Waals surface area contributed by atoms with E-state index in [1.54, 1.807) is 6.07 Å². The van der Waals surface area contributed by atoms with Gasteiger partial charge in [-0.3, -0.25) is 4.79 Å². The van der Waals surface area contributed by atoms with Gasteiger partial charge in [-0.25, -0.2) is 9.37 Å². The van der Waals surface area contributed by atoms with Gasteiger partial charge in [0, 0.05) is 6.42 Å². The first-order valence-electron chi connectivity index (χ1n) is 11.8. The lowest BCUT2D eigenvalue weighted by molar-refractivity contribution is -0.116. The molecule has 4 heterocycles. The van der Waals surface area contributed by atoms with Crippen LogP contribution in [0.15, 0.2) is 18.2 Å². The largest absolute Gasteiger partial charge is 0.456 e. The van der Waals surface area contributed by atoms with Crippen LogP contribution in [0.1, 0.15) is 41.6 Å². The van der Waals surface area contributed by atoms with Gasteiger partial charge in [-0.05, 0) is 60.9 Å². The van der Waals surface area contributed by atoms with Gasteiger partial charge in [0.15, 0.2) is 11.8 Å². The Bertz CT molecular complexity index is 1310. The number of ether oxygens (including phenoxy) is 3. The van der Waals surface area contributed by atoms with Crippen LogP contribution in [0.3, 0.4) is 0 Å². The number of imidazole rings is 1. The molecule has 0 bridgehead atoms. The summed E-state index contributed by atoms with van der Waals surface area (Å²) in [6.45, 7) is 2.02. The van der Waals surface area contributed by atoms with Crippen LogP contribution in [0.25, 0.3) is 11.2 Å². The van der Waals surface area contributed by atoms with Crippen molar-refractivity contribution in [2.24, 2.45) is 0 Å². The molecule has 8 nitrogen and oxygen atoms in total. The second-order valence-corrected chi connectivity index (χ2v) is 10.0. The number of nitrogens with zero attached hydrogens (tertiary/aromatic N) is 2. The molecule has 1 unspecified atom stereocenters. The average Bonchev–Trinajstić information content (AvgIpc) is 3.55. The third-order valence-electron chi connectivity index (χ3n) is 7.06. The number of Topliss-reactive ketones (excluding diaryl/α,β-unsaturated/α-hetero) is 1. The van der Waals surface area contributed by atoms with Crippen molar-refractivity contribution < 1.29 is 28.5 Å². The summed E-state index contributed by atoms with van der Waals surface area (Å²) in [4.78, 5) is 23.6. The maximum absolute atomic E-state index is 15.0. The number of benzene rings is 1. The summed E-state index contributed by atoms with van der Waals surface area (Å²) >= 11 is 6.55. The molecule has 2 fully saturated rings. The Kier molecular flexibility index (Phi) is 5.75. The van der Waals surface area contributed by atoms with Crippen molar-refractivity contribution in [2.75, 3.05) is 13.2 Å². The number of aliphatic hydroxyl groups is 1. The van der Waals surface area contributed by atoms with Gasteiger partial charge >= 0.3 is 0 Å². The minimum Gasteiger partial charge on any atom is -0.456 e. The summed E-state index contributed by atoms with van der Waals surface area (Å²) < 4.78 is 32.1. The Morgan fingerprint density at radius 1 is 1.26 bits per heavy atom. The van der Waals surface area contributed by atoms with Crippen LogP contribution in [-0.4, -0.2) is 63.5 Å². The highest BCUT2D eigenvalue weighted by Gasteiger charge is 2.48. The van der Waals surface area contributed by atoms with E-state index in [1.165, 1.54) is 13.0 Å². The summed E-state index contributed by atoms with van der Waals surface area (Å²) in [5, 5.41) is 10.4. The van der Waals surface area contributed by atoms with Crippen LogP contribution in [0.4, 0.5) is 4.39 Å². The second-order valence-electron chi connectivity index (χ2n) is 9.62. The number of ketones is 1. The number of pyridine rings is 1. The lowest BCUT2D eigenvalue weighted by Gasteiger charge is -2.15. The van der Waals surface area contributed by atoms with Crippen LogP contribution in [-0.2, 0) is 33.5 Å². The van der Waals surface area contributed by atoms with Crippen molar-refractivity contribution >= 4 is 28.5 Å². The average molecular weight is 502 g/mol. The highest BCUT2D eigenvalue weighted by molar-refractivity contribution is 6.31. The third kappa shape index (κ3) is 4.20. The fourth-order valence-electron chi connectivity index (χ4n) is 5.52. The number of rotatable bonds is 6. The molecule has 2 N–H and O–H groups in total. The minimum atomic E-state index is -0.654. The van der Waals surface area contributed by atoms with E-state index >= 15 is 0 Å². The van der Waals surface area contributed by atoms with Gasteiger partial charge in [-0.2, -0.15) is 4.98 Å². The smallest absolute Gasteiger partial charge is 0.296 e. The number of aromatic amines is 1. The molecule has 3 aliphatic rings. The van der Waals surface area contributed by atoms with Crippen LogP contribution < -0.4 is 4.74 Å². The first-order chi connectivity index (χ1) is 16.9. The highest BCUT2D eigenvalue weighted by atomic mass is 35.5. The highest BCUT2D eigenvalue weighted by Crippen LogP contribution is 2.39. The Balaban J connectivity index is 1.21. The van der Waals surface area contributed by atoms with Gasteiger partial charge < -0.3 is 24.3 Å². The van der Waals surface area contributed by atoms with E-state index < -0.39 is 18.3 Å². The molecule has 5 atom stereocenters. The molecule has 0 spiro atoms. The van der Waals surface area contributed by atoms with Crippen LogP contribution in [0.2, 0.25) is 5.02 Å². The number of carbonyl (C=O) groups excluding carboxylic acids is 1. The minimum absolute atomic E-state index is 0.0131. The van der Waals surface area contributed by atoms with E-state index in [1.807, 2.05) is 6.07 Å². The predicted octanol–water partition coefficient (Wildman–Crippen LogP) is 3.06. The Morgan fingerprint density at radius 3 is 2.91 bits per heavy atom. The number of nitrogens with one attached hydrogen (secondary N) is 1. The number of halogens is 2. The molecule has 184 valence electrons. The van der Waals surface area contributed by atoms with Crippen molar-refractivity contribution in [3.05, 3.63) is 51.4 Å². The van der Waals surface area contributed by atoms with Gasteiger partial charge in [-0.1, -0.05) is 17.7 Å². The van der Waals surface area contributed by atoms with Crippen molar-refractivity contribution in [2.45, 2.75) is 62.9 Å². The van der Waals surface area contributed by atoms with E-state index in [0.29, 0.717) is 46.0 Å². The number of H-pyrrole nitrogens is 1. The fourth-order valence-corrected chi connectivity index (χ4v) is 5.75. The molecular formula is C25H25ClFN3O5. The van der Waals surface area contributed by atoms with Crippen molar-refractivity contribution in [1.29, 1.82) is 0 Å². The number of hydrogen-bond acceptors (Lipinski definition) is 7. The first kappa shape index (κ1) is 22.8. The van der Waals surface area contributed by atoms with E-state index in [4.69, 9.17) is 25.8 Å². The van der Waals surface area contributed by atoms with Crippen LogP contribution >= 0.6 is 11.6 Å². The molecule has 1 aliphatic carbocycles. The number of aryl methyl sites for hydroxylation is 1. The number of fused-ring (bicyclic) bond motifs is 3. The summed E-state index contributed by atoms with van der Waals surface area (Å²) in [5.74, 6) is -0.309. The fraction of sp³-hybridized carbons (Fsp3) is 0.480. The zero-order valence-corrected chi connectivity index (χ0v) is 19.8. The van der Waals surface area contributed by atoms with Gasteiger partial charge in [-0.15, -0.1) is 0 Å². The molecule has 0 radical (unpaired) electrons. The number of aromatic nitrogens is 3. The third-order valence-corrected chi connectivity index (χ3v) is 7.39. The second kappa shape index (κ2) is 8.81. The lowest BCUT2D eigenvalue weighted by Crippen LogP contribution is -2.34. The standard InChI is InChI=1S/C25H25ClFN3O5/c1-11(31)4-12-5-13-2-3-14(21(13)16(27)6-12)7-17-15(26)8-18-24(28-17)30-25(29-18)35-20-10-34-22-19(32)9-33-23(20)22/h5-6,8,14,19-20,22-23,32H,2-4,7,9-10H2,1H3,(H,28,29,30)/t14?,19-,20-,22-,23-/m1/s1. The molecule has 0 saturated carbocycles. The molecule has 3 aromatic rings. The summed E-state index contributed by atoms with van der Waals surface area (Å²) in [6, 6.07) is 5.44. The Morgan fingerprint density at radius 2 is 2.09 bits per heavy atom. The first-order valence-corrected chi connectivity index (χ1v) is 12.2. The zero-order chi connectivity index (χ0) is 24.3. The maximum atomic E-state index is 15.0. The van der Waals surface area contributed by atoms with E-state index in [2.05, 4.69) is 15.0 Å². The van der Waals surface area contributed by atoms with Gasteiger partial charge in [0.1, 0.15) is 29.9 Å². The van der Waals surface area contributed by atoms with E-state index in [-0.39, 0.29) is 42.7 Å². The van der Waals surface area contributed by atoms with Gasteiger partial charge in [0.05, 0.1) is 29.4 Å². The maximum Gasteiger partial charge on any atom is 0.296 e. The van der Waals surface area contributed by atoms with E-state index in [9.17, 15) is 14.3 Å². The molecule has 6 rings (SSSR count). The lowest BCUT2D eigenvalue weighted by atomic mass is 9.93. The molecule has 2 saturated heterocycles. The number of carbonyl (C=O) groups is 1. The summed E-state index contributed by atoms with van der Waals surface area (Å²) in [6.07, 6.45) is 0.485.